The summed E-state index contributed by atoms with van der Waals surface area (Å²) in [5.41, 5.74) is 0.225. The molecule has 0 saturated carbocycles. The average molecular weight is 289 g/mol. The first-order chi connectivity index (χ1) is 9.77. The summed E-state index contributed by atoms with van der Waals surface area (Å²) in [4.78, 5) is 25.4. The number of amides is 1. The predicted octanol–water partition coefficient (Wildman–Crippen LogP) is 1.64. The number of hydrogen-bond donors (Lipinski definition) is 0. The fraction of sp³-hybridized carbons (Fsp3) is 0.533. The monoisotopic (exact) mass is 289 g/mol. The minimum absolute atomic E-state index is 0.126. The molecule has 1 atom stereocenters. The topological polar surface area (TPSA) is 75.3 Å². The van der Waals surface area contributed by atoms with Crippen molar-refractivity contribution in [3.63, 3.8) is 0 Å². The molecule has 1 aliphatic heterocycles. The fourth-order valence-corrected chi connectivity index (χ4v) is 2.51. The molecule has 1 aromatic rings. The number of hydrogen-bond acceptors (Lipinski definition) is 4. The van der Waals surface area contributed by atoms with Gasteiger partial charge >= 0.3 is 5.97 Å². The molecule has 0 aliphatic carbocycles. The molecular weight excluding hydrogens is 270 g/mol. The molecule has 1 fully saturated rings. The number of rotatable bonds is 2. The van der Waals surface area contributed by atoms with Crippen LogP contribution in [0.4, 0.5) is 5.82 Å². The molecule has 1 aromatic heterocycles. The second-order valence-corrected chi connectivity index (χ2v) is 6.17. The van der Waals surface area contributed by atoms with Crippen molar-refractivity contribution < 1.29 is 14.3 Å². The van der Waals surface area contributed by atoms with Gasteiger partial charge in [-0.2, -0.15) is 5.26 Å². The number of esters is 1. The summed E-state index contributed by atoms with van der Waals surface area (Å²) in [6.45, 7) is 6.28. The van der Waals surface area contributed by atoms with Crippen molar-refractivity contribution >= 4 is 17.7 Å². The first kappa shape index (κ1) is 15.1. The van der Waals surface area contributed by atoms with Crippen LogP contribution in [0.1, 0.15) is 32.8 Å². The Kier molecular flexibility index (Phi) is 3.77. The van der Waals surface area contributed by atoms with Gasteiger partial charge in [0.25, 0.3) is 0 Å². The maximum absolute atomic E-state index is 12.2. The number of aromatic nitrogens is 1. The highest BCUT2D eigenvalue weighted by Crippen LogP contribution is 2.31. The van der Waals surface area contributed by atoms with Crippen molar-refractivity contribution in [2.75, 3.05) is 18.6 Å². The van der Waals surface area contributed by atoms with Crippen LogP contribution in [0.15, 0.2) is 12.3 Å². The zero-order valence-electron chi connectivity index (χ0n) is 12.7. The number of carbonyl (C=O) groups excluding carboxylic acids is 2. The first-order valence-electron chi connectivity index (χ1n) is 6.79. The fourth-order valence-electron chi connectivity index (χ4n) is 2.51. The summed E-state index contributed by atoms with van der Waals surface area (Å²) in [7, 11) is 1.32. The lowest BCUT2D eigenvalue weighted by molar-refractivity contribution is -0.145. The van der Waals surface area contributed by atoms with Crippen LogP contribution < -0.4 is 4.90 Å². The van der Waals surface area contributed by atoms with Crippen LogP contribution in [0.25, 0.3) is 0 Å². The van der Waals surface area contributed by atoms with Crippen molar-refractivity contribution in [2.24, 2.45) is 5.92 Å². The van der Waals surface area contributed by atoms with Crippen LogP contribution in [0.2, 0.25) is 0 Å². The molecule has 6 heteroatoms. The molecule has 2 heterocycles. The van der Waals surface area contributed by atoms with Gasteiger partial charge in [-0.05, 0) is 26.8 Å². The van der Waals surface area contributed by atoms with E-state index in [0.717, 1.165) is 0 Å². The largest absolute Gasteiger partial charge is 0.469 e. The third kappa shape index (κ3) is 2.77. The zero-order chi connectivity index (χ0) is 15.8. The molecular formula is C15H19N3O3. The number of methoxy groups -OCH3 is 1. The third-order valence-electron chi connectivity index (χ3n) is 3.59. The Hall–Kier alpha value is -2.29. The van der Waals surface area contributed by atoms with Crippen LogP contribution in [-0.4, -0.2) is 30.1 Å². The minimum atomic E-state index is -0.448. The molecule has 0 spiro atoms. The van der Waals surface area contributed by atoms with Gasteiger partial charge < -0.3 is 9.30 Å². The van der Waals surface area contributed by atoms with Gasteiger partial charge in [-0.3, -0.25) is 14.5 Å². The van der Waals surface area contributed by atoms with Gasteiger partial charge in [-0.25, -0.2) is 0 Å². The highest BCUT2D eigenvalue weighted by Gasteiger charge is 2.38. The molecule has 1 unspecified atom stereocenters. The molecule has 0 N–H and O–H groups in total. The molecule has 6 nitrogen and oxygen atoms in total. The Morgan fingerprint density at radius 2 is 2.14 bits per heavy atom. The van der Waals surface area contributed by atoms with E-state index in [1.807, 2.05) is 25.3 Å². The van der Waals surface area contributed by atoms with Crippen LogP contribution in [-0.2, 0) is 19.9 Å². The smallest absolute Gasteiger partial charge is 0.311 e. The summed E-state index contributed by atoms with van der Waals surface area (Å²) in [5.74, 6) is -0.300. The van der Waals surface area contributed by atoms with Crippen LogP contribution in [0.5, 0.6) is 0 Å². The average Bonchev–Trinajstić information content (AvgIpc) is 3.00. The van der Waals surface area contributed by atoms with Gasteiger partial charge in [0.05, 0.1) is 18.6 Å². The highest BCUT2D eigenvalue weighted by atomic mass is 16.5. The Labute approximate surface area is 123 Å². The quantitative estimate of drug-likeness (QED) is 0.776. The standard InChI is InChI=1S/C15H19N3O3/c1-15(2,3)18-8-10(7-16)5-12(18)17-9-11(6-13(17)19)14(20)21-4/h5,8,11H,6,9H2,1-4H3. The number of nitrogens with zero attached hydrogens (tertiary/aromatic N) is 3. The Morgan fingerprint density at radius 1 is 1.48 bits per heavy atom. The van der Waals surface area contributed by atoms with Gasteiger partial charge in [-0.15, -0.1) is 0 Å². The Bertz CT molecular complexity index is 619. The summed E-state index contributed by atoms with van der Waals surface area (Å²) in [6.07, 6.45) is 1.87. The SMILES string of the molecule is COC(=O)C1CC(=O)N(c2cc(C#N)cn2C(C)(C)C)C1. The maximum Gasteiger partial charge on any atom is 0.311 e. The predicted molar refractivity (Wildman–Crippen MR) is 76.6 cm³/mol. The lowest BCUT2D eigenvalue weighted by Crippen LogP contribution is -2.32. The number of anilines is 1. The summed E-state index contributed by atoms with van der Waals surface area (Å²) < 4.78 is 6.61. The number of ether oxygens (including phenoxy) is 1. The second-order valence-electron chi connectivity index (χ2n) is 6.17. The molecule has 0 radical (unpaired) electrons. The lowest BCUT2D eigenvalue weighted by atomic mass is 10.1. The second kappa shape index (κ2) is 5.24. The van der Waals surface area contributed by atoms with Crippen LogP contribution in [0.3, 0.4) is 0 Å². The normalized spacial score (nSPS) is 18.7. The van der Waals surface area contributed by atoms with E-state index in [9.17, 15) is 9.59 Å². The van der Waals surface area contributed by atoms with Crippen LogP contribution >= 0.6 is 0 Å². The Balaban J connectivity index is 2.39. The summed E-state index contributed by atoms with van der Waals surface area (Å²) in [6, 6.07) is 3.78. The van der Waals surface area contributed by atoms with Gasteiger partial charge in [0.15, 0.2) is 0 Å². The molecule has 1 aliphatic rings. The maximum atomic E-state index is 12.2. The van der Waals surface area contributed by atoms with E-state index < -0.39 is 5.92 Å². The molecule has 0 aromatic carbocycles. The van der Waals surface area contributed by atoms with Crippen molar-refractivity contribution in [1.29, 1.82) is 5.26 Å². The Morgan fingerprint density at radius 3 is 2.67 bits per heavy atom. The van der Waals surface area contributed by atoms with Gasteiger partial charge in [0.1, 0.15) is 11.9 Å². The van der Waals surface area contributed by atoms with E-state index in [0.29, 0.717) is 11.4 Å². The molecule has 0 bridgehead atoms. The van der Waals surface area contributed by atoms with Gasteiger partial charge in [0.2, 0.25) is 5.91 Å². The number of carbonyl (C=O) groups is 2. The van der Waals surface area contributed by atoms with Crippen molar-refractivity contribution in [3.8, 4) is 6.07 Å². The zero-order valence-corrected chi connectivity index (χ0v) is 12.7. The number of nitriles is 1. The molecule has 1 saturated heterocycles. The van der Waals surface area contributed by atoms with E-state index in [-0.39, 0.29) is 30.4 Å². The molecule has 112 valence electrons. The highest BCUT2D eigenvalue weighted by molar-refractivity contribution is 5.99. The van der Waals surface area contributed by atoms with Crippen LogP contribution in [0, 0.1) is 17.2 Å². The first-order valence-corrected chi connectivity index (χ1v) is 6.79. The van der Waals surface area contributed by atoms with E-state index in [2.05, 4.69) is 6.07 Å². The van der Waals surface area contributed by atoms with Crippen molar-refractivity contribution in [1.82, 2.24) is 4.57 Å². The molecule has 1 amide bonds. The van der Waals surface area contributed by atoms with Crippen molar-refractivity contribution in [2.45, 2.75) is 32.7 Å². The molecule has 2 rings (SSSR count). The lowest BCUT2D eigenvalue weighted by Gasteiger charge is -2.28. The third-order valence-corrected chi connectivity index (χ3v) is 3.59. The van der Waals surface area contributed by atoms with Gasteiger partial charge in [0, 0.05) is 24.7 Å². The van der Waals surface area contributed by atoms with E-state index in [1.54, 1.807) is 17.2 Å². The molecule has 21 heavy (non-hydrogen) atoms. The van der Waals surface area contributed by atoms with E-state index >= 15 is 0 Å². The minimum Gasteiger partial charge on any atom is -0.469 e. The van der Waals surface area contributed by atoms with Crippen molar-refractivity contribution in [3.05, 3.63) is 17.8 Å². The summed E-state index contributed by atoms with van der Waals surface area (Å²) in [5, 5.41) is 9.09. The van der Waals surface area contributed by atoms with E-state index in [1.165, 1.54) is 7.11 Å². The van der Waals surface area contributed by atoms with E-state index in [4.69, 9.17) is 10.00 Å². The van der Waals surface area contributed by atoms with Gasteiger partial charge in [-0.1, -0.05) is 0 Å². The summed E-state index contributed by atoms with van der Waals surface area (Å²) >= 11 is 0.